The quantitative estimate of drug-likeness (QED) is 0.784. The van der Waals surface area contributed by atoms with E-state index in [1.54, 1.807) is 0 Å². The van der Waals surface area contributed by atoms with Gasteiger partial charge >= 0.3 is 0 Å². The molecule has 0 radical (unpaired) electrons. The molecule has 1 fully saturated rings. The van der Waals surface area contributed by atoms with E-state index in [9.17, 15) is 15.3 Å². The molecule has 23 heavy (non-hydrogen) atoms. The number of rotatable bonds is 2. The molecule has 0 saturated heterocycles. The monoisotopic (exact) mass is 318 g/mol. The lowest BCUT2D eigenvalue weighted by Crippen LogP contribution is -2.57. The Morgan fingerprint density at radius 2 is 1.87 bits per heavy atom. The third-order valence-electron chi connectivity index (χ3n) is 6.58. The Bertz CT molecular complexity index is 597. The summed E-state index contributed by atoms with van der Waals surface area (Å²) in [7, 11) is 0. The van der Waals surface area contributed by atoms with Gasteiger partial charge in [-0.3, -0.25) is 0 Å². The van der Waals surface area contributed by atoms with Crippen LogP contribution in [0.3, 0.4) is 0 Å². The molecule has 2 aliphatic rings. The zero-order chi connectivity index (χ0) is 17.0. The van der Waals surface area contributed by atoms with E-state index in [0.29, 0.717) is 5.92 Å². The van der Waals surface area contributed by atoms with Crippen molar-refractivity contribution < 1.29 is 15.3 Å². The zero-order valence-electron chi connectivity index (χ0n) is 14.7. The Kier molecular flexibility index (Phi) is 4.11. The molecular weight excluding hydrogens is 288 g/mol. The van der Waals surface area contributed by atoms with Gasteiger partial charge in [0.25, 0.3) is 0 Å². The summed E-state index contributed by atoms with van der Waals surface area (Å²) in [4.78, 5) is 0. The smallest absolute Gasteiger partial charge is 0.105 e. The fourth-order valence-corrected chi connectivity index (χ4v) is 5.28. The van der Waals surface area contributed by atoms with Gasteiger partial charge in [0.2, 0.25) is 0 Å². The van der Waals surface area contributed by atoms with Crippen LogP contribution in [-0.2, 0) is 5.41 Å². The molecule has 3 rings (SSSR count). The topological polar surface area (TPSA) is 60.7 Å². The van der Waals surface area contributed by atoms with E-state index in [1.165, 1.54) is 5.56 Å². The Morgan fingerprint density at radius 3 is 2.48 bits per heavy atom. The van der Waals surface area contributed by atoms with Crippen LogP contribution in [0.2, 0.25) is 0 Å². The largest absolute Gasteiger partial charge is 0.396 e. The number of fused-ring (bicyclic) bond motifs is 3. The SMILES string of the molecule is CC(C)c1ccc2c(c1)[C@H](O)[C@H](O)[C@H]1[C@](C)(CO)CCC[C@]21C. The molecule has 0 unspecified atom stereocenters. The minimum Gasteiger partial charge on any atom is -0.396 e. The predicted molar refractivity (Wildman–Crippen MR) is 91.4 cm³/mol. The molecule has 0 amide bonds. The van der Waals surface area contributed by atoms with Crippen molar-refractivity contribution in [1.29, 1.82) is 0 Å². The van der Waals surface area contributed by atoms with Crippen LogP contribution in [0.1, 0.15) is 75.7 Å². The molecule has 0 spiro atoms. The van der Waals surface area contributed by atoms with E-state index in [1.807, 2.05) is 0 Å². The standard InChI is InChI=1S/C20H30O3/c1-12(2)13-6-7-15-14(10-13)16(22)17(23)18-19(3,11-21)8-5-9-20(15,18)4/h6-7,10,12,16-18,21-23H,5,8-9,11H2,1-4H3/t16-,17-,18-,19-,20+/m0/s1. The number of hydrogen-bond acceptors (Lipinski definition) is 3. The van der Waals surface area contributed by atoms with E-state index >= 15 is 0 Å². The molecule has 128 valence electrons. The predicted octanol–water partition coefficient (Wildman–Crippen LogP) is 3.27. The second-order valence-corrected chi connectivity index (χ2v) is 8.50. The van der Waals surface area contributed by atoms with E-state index in [2.05, 4.69) is 45.9 Å². The highest BCUT2D eigenvalue weighted by atomic mass is 16.3. The van der Waals surface area contributed by atoms with E-state index in [-0.39, 0.29) is 23.4 Å². The van der Waals surface area contributed by atoms with Gasteiger partial charge in [0.15, 0.2) is 0 Å². The van der Waals surface area contributed by atoms with E-state index < -0.39 is 12.2 Å². The van der Waals surface area contributed by atoms with Crippen molar-refractivity contribution in [3.05, 3.63) is 34.9 Å². The Morgan fingerprint density at radius 1 is 1.17 bits per heavy atom. The van der Waals surface area contributed by atoms with Crippen LogP contribution in [-0.4, -0.2) is 28.0 Å². The molecule has 0 aliphatic heterocycles. The summed E-state index contributed by atoms with van der Waals surface area (Å²) in [6.07, 6.45) is 1.23. The van der Waals surface area contributed by atoms with Gasteiger partial charge < -0.3 is 15.3 Å². The summed E-state index contributed by atoms with van der Waals surface area (Å²) in [5.41, 5.74) is 2.69. The third-order valence-corrected chi connectivity index (χ3v) is 6.58. The fourth-order valence-electron chi connectivity index (χ4n) is 5.28. The van der Waals surface area contributed by atoms with Gasteiger partial charge in [-0.05, 0) is 46.3 Å². The van der Waals surface area contributed by atoms with Gasteiger partial charge in [0, 0.05) is 12.5 Å². The van der Waals surface area contributed by atoms with Crippen LogP contribution in [0, 0.1) is 11.3 Å². The zero-order valence-corrected chi connectivity index (χ0v) is 14.7. The highest BCUT2D eigenvalue weighted by molar-refractivity contribution is 5.44. The van der Waals surface area contributed by atoms with Crippen LogP contribution in [0.5, 0.6) is 0 Å². The first-order valence-corrected chi connectivity index (χ1v) is 8.86. The van der Waals surface area contributed by atoms with Gasteiger partial charge in [0.05, 0.1) is 6.10 Å². The molecule has 2 aliphatic carbocycles. The molecule has 0 aromatic heterocycles. The van der Waals surface area contributed by atoms with Crippen molar-refractivity contribution in [2.45, 2.75) is 70.5 Å². The van der Waals surface area contributed by atoms with Gasteiger partial charge in [-0.25, -0.2) is 0 Å². The first-order valence-electron chi connectivity index (χ1n) is 8.86. The van der Waals surface area contributed by atoms with Crippen LogP contribution in [0.4, 0.5) is 0 Å². The first kappa shape index (κ1) is 16.9. The van der Waals surface area contributed by atoms with Gasteiger partial charge in [-0.1, -0.05) is 52.3 Å². The Hall–Kier alpha value is -0.900. The summed E-state index contributed by atoms with van der Waals surface area (Å²) in [6, 6.07) is 6.37. The van der Waals surface area contributed by atoms with Crippen LogP contribution in [0.25, 0.3) is 0 Å². The lowest BCUT2D eigenvalue weighted by molar-refractivity contribution is -0.131. The summed E-state index contributed by atoms with van der Waals surface area (Å²) in [5.74, 6) is 0.269. The maximum absolute atomic E-state index is 10.9. The normalized spacial score (nSPS) is 39.9. The minimum absolute atomic E-state index is 0.0520. The maximum atomic E-state index is 10.9. The minimum atomic E-state index is -0.870. The fraction of sp³-hybridized carbons (Fsp3) is 0.700. The average molecular weight is 318 g/mol. The summed E-state index contributed by atoms with van der Waals surface area (Å²) in [5, 5.41) is 31.7. The molecule has 0 bridgehead atoms. The summed E-state index contributed by atoms with van der Waals surface area (Å²) in [6.45, 7) is 8.59. The van der Waals surface area contributed by atoms with E-state index in [0.717, 1.165) is 30.4 Å². The van der Waals surface area contributed by atoms with Gasteiger partial charge in [-0.2, -0.15) is 0 Å². The average Bonchev–Trinajstić information content (AvgIpc) is 2.52. The molecule has 1 saturated carbocycles. The van der Waals surface area contributed by atoms with Crippen LogP contribution >= 0.6 is 0 Å². The lowest BCUT2D eigenvalue weighted by atomic mass is 9.48. The molecule has 3 heteroatoms. The highest BCUT2D eigenvalue weighted by Gasteiger charge is 2.57. The summed E-state index contributed by atoms with van der Waals surface area (Å²) >= 11 is 0. The Balaban J connectivity index is 2.18. The van der Waals surface area contributed by atoms with Crippen molar-refractivity contribution in [3.63, 3.8) is 0 Å². The van der Waals surface area contributed by atoms with Crippen molar-refractivity contribution in [2.75, 3.05) is 6.61 Å². The number of aliphatic hydroxyl groups excluding tert-OH is 3. The third kappa shape index (κ3) is 2.36. The molecule has 3 N–H and O–H groups in total. The van der Waals surface area contributed by atoms with Crippen molar-refractivity contribution in [3.8, 4) is 0 Å². The maximum Gasteiger partial charge on any atom is 0.105 e. The first-order chi connectivity index (χ1) is 10.7. The number of aliphatic hydroxyl groups is 3. The molecule has 5 atom stereocenters. The van der Waals surface area contributed by atoms with Crippen molar-refractivity contribution in [2.24, 2.45) is 11.3 Å². The second-order valence-electron chi connectivity index (χ2n) is 8.50. The molecule has 1 aromatic rings. The number of benzene rings is 1. The molecule has 0 heterocycles. The van der Waals surface area contributed by atoms with Gasteiger partial charge in [0.1, 0.15) is 6.10 Å². The molecule has 3 nitrogen and oxygen atoms in total. The Labute approximate surface area is 139 Å². The van der Waals surface area contributed by atoms with Crippen molar-refractivity contribution in [1.82, 2.24) is 0 Å². The summed E-state index contributed by atoms with van der Waals surface area (Å²) < 4.78 is 0. The van der Waals surface area contributed by atoms with Crippen LogP contribution < -0.4 is 0 Å². The second kappa shape index (κ2) is 5.58. The molecule has 1 aromatic carbocycles. The lowest BCUT2D eigenvalue weighted by Gasteiger charge is -2.57. The van der Waals surface area contributed by atoms with Crippen molar-refractivity contribution >= 4 is 0 Å². The van der Waals surface area contributed by atoms with Gasteiger partial charge in [-0.15, -0.1) is 0 Å². The molecular formula is C20H30O3. The van der Waals surface area contributed by atoms with E-state index in [4.69, 9.17) is 0 Å². The van der Waals surface area contributed by atoms with Crippen LogP contribution in [0.15, 0.2) is 18.2 Å². The number of hydrogen-bond donors (Lipinski definition) is 3. The highest BCUT2D eigenvalue weighted by Crippen LogP contribution is 2.59.